The minimum absolute atomic E-state index is 0.110. The molecule has 236 valence electrons. The van der Waals surface area contributed by atoms with Gasteiger partial charge in [0, 0.05) is 17.8 Å². The minimum Gasteiger partial charge on any atom is -0.394 e. The fourth-order valence-electron chi connectivity index (χ4n) is 9.48. The first-order valence-electron chi connectivity index (χ1n) is 16.2. The van der Waals surface area contributed by atoms with Crippen molar-refractivity contribution in [2.45, 2.75) is 128 Å². The van der Waals surface area contributed by atoms with E-state index in [0.717, 1.165) is 25.7 Å². The molecule has 0 aromatic carbocycles. The number of aliphatic hydroxyl groups excluding tert-OH is 4. The van der Waals surface area contributed by atoms with Crippen LogP contribution in [0, 0.1) is 40.4 Å². The molecule has 0 radical (unpaired) electrons. The predicted octanol–water partition coefficient (Wildman–Crippen LogP) is 4.22. The predicted molar refractivity (Wildman–Crippen MR) is 157 cm³/mol. The number of rotatable bonds is 7. The first-order chi connectivity index (χ1) is 19.8. The van der Waals surface area contributed by atoms with Crippen LogP contribution in [0.3, 0.4) is 0 Å². The van der Waals surface area contributed by atoms with Gasteiger partial charge in [0.1, 0.15) is 35.6 Å². The highest BCUT2D eigenvalue weighted by atomic mass is 17.2. The van der Waals surface area contributed by atoms with E-state index < -0.39 is 48.5 Å². The molecule has 4 fully saturated rings. The average molecular weight is 589 g/mol. The summed E-state index contributed by atoms with van der Waals surface area (Å²) in [7, 11) is 0. The maximum atomic E-state index is 10.5. The van der Waals surface area contributed by atoms with Crippen molar-refractivity contribution < 1.29 is 39.7 Å². The van der Waals surface area contributed by atoms with Gasteiger partial charge in [-0.15, -0.1) is 0 Å². The summed E-state index contributed by atoms with van der Waals surface area (Å²) in [5.41, 5.74) is -0.0780. The van der Waals surface area contributed by atoms with Crippen LogP contribution in [-0.4, -0.2) is 75.0 Å². The third-order valence-electron chi connectivity index (χ3n) is 12.6. The smallest absolute Gasteiger partial charge is 0.186 e. The third-order valence-corrected chi connectivity index (χ3v) is 12.6. The van der Waals surface area contributed by atoms with Gasteiger partial charge in [-0.05, 0) is 78.9 Å². The molecule has 8 nitrogen and oxygen atoms in total. The first-order valence-corrected chi connectivity index (χ1v) is 16.2. The van der Waals surface area contributed by atoms with Crippen molar-refractivity contribution in [2.75, 3.05) is 6.61 Å². The lowest BCUT2D eigenvalue weighted by molar-refractivity contribution is -0.457. The molecule has 14 atom stereocenters. The number of fused-ring (bicyclic) bond motifs is 2. The second-order valence-corrected chi connectivity index (χ2v) is 15.1. The van der Waals surface area contributed by atoms with Gasteiger partial charge in [0.05, 0.1) is 12.7 Å². The summed E-state index contributed by atoms with van der Waals surface area (Å²) < 4.78 is 11.8. The molecule has 2 saturated heterocycles. The van der Waals surface area contributed by atoms with Gasteiger partial charge in [-0.2, -0.15) is 0 Å². The lowest BCUT2D eigenvalue weighted by Crippen LogP contribution is -2.69. The van der Waals surface area contributed by atoms with Crippen molar-refractivity contribution in [3.8, 4) is 0 Å². The van der Waals surface area contributed by atoms with Crippen LogP contribution in [-0.2, 0) is 19.2 Å². The van der Waals surface area contributed by atoms with Crippen molar-refractivity contribution >= 4 is 0 Å². The average Bonchev–Trinajstić information content (AvgIpc) is 3.33. The molecule has 0 aromatic rings. The van der Waals surface area contributed by atoms with Crippen LogP contribution < -0.4 is 0 Å². The van der Waals surface area contributed by atoms with Gasteiger partial charge in [0.15, 0.2) is 6.29 Å². The Hall–Kier alpha value is -1.10. The van der Waals surface area contributed by atoms with E-state index in [1.807, 2.05) is 0 Å². The fourth-order valence-corrected chi connectivity index (χ4v) is 9.48. The Morgan fingerprint density at radius 1 is 0.976 bits per heavy atom. The Bertz CT molecular complexity index is 1120. The topological polar surface area (TPSA) is 118 Å². The minimum atomic E-state index is -1.47. The lowest BCUT2D eigenvalue weighted by Gasteiger charge is -2.66. The molecule has 2 saturated carbocycles. The van der Waals surface area contributed by atoms with E-state index >= 15 is 0 Å². The van der Waals surface area contributed by atoms with Gasteiger partial charge < -0.3 is 29.9 Å². The van der Waals surface area contributed by atoms with Gasteiger partial charge in [0.25, 0.3) is 0 Å². The molecule has 2 bridgehead atoms. The van der Waals surface area contributed by atoms with Gasteiger partial charge in [-0.25, -0.2) is 9.78 Å². The zero-order valence-corrected chi connectivity index (χ0v) is 26.1. The summed E-state index contributed by atoms with van der Waals surface area (Å²) in [5, 5.41) is 40.5. The lowest BCUT2D eigenvalue weighted by atomic mass is 9.46. The van der Waals surface area contributed by atoms with Gasteiger partial charge in [-0.3, -0.25) is 0 Å². The molecular formula is C34H52O8. The molecule has 4 aliphatic carbocycles. The van der Waals surface area contributed by atoms with Crippen LogP contribution in [0.1, 0.15) is 80.1 Å². The highest BCUT2D eigenvalue weighted by molar-refractivity contribution is 5.48. The molecule has 2 spiro atoms. The second-order valence-electron chi connectivity index (χ2n) is 15.1. The van der Waals surface area contributed by atoms with Crippen LogP contribution >= 0.6 is 0 Å². The van der Waals surface area contributed by atoms with E-state index in [9.17, 15) is 20.4 Å². The zero-order chi connectivity index (χ0) is 30.2. The van der Waals surface area contributed by atoms with E-state index in [0.29, 0.717) is 36.0 Å². The maximum absolute atomic E-state index is 10.5. The van der Waals surface area contributed by atoms with Crippen LogP contribution in [0.4, 0.5) is 0 Å². The number of aliphatic hydroxyl groups is 4. The quantitative estimate of drug-likeness (QED) is 0.258. The summed E-state index contributed by atoms with van der Waals surface area (Å²) in [5.74, 6) is 2.61. The summed E-state index contributed by atoms with van der Waals surface area (Å²) in [6.45, 7) is 13.5. The molecule has 7 aliphatic rings. The summed E-state index contributed by atoms with van der Waals surface area (Å²) >= 11 is 0. The van der Waals surface area contributed by atoms with Crippen LogP contribution in [0.25, 0.3) is 0 Å². The molecule has 3 heterocycles. The van der Waals surface area contributed by atoms with Gasteiger partial charge >= 0.3 is 0 Å². The largest absolute Gasteiger partial charge is 0.394 e. The number of ether oxygens (including phenoxy) is 2. The Morgan fingerprint density at radius 2 is 1.74 bits per heavy atom. The maximum Gasteiger partial charge on any atom is 0.186 e. The highest BCUT2D eigenvalue weighted by Crippen LogP contribution is 2.71. The monoisotopic (exact) mass is 588 g/mol. The summed E-state index contributed by atoms with van der Waals surface area (Å²) in [6, 6.07) is 0. The standard InChI is InChI=1S/C34H52O8/c1-19(2)20(3)7-8-21(4)23-9-10-25-31(23,5)13-12-26-32(6)14-11-22(17-33(32)15-16-34(25,26)42-41-33)39-30-29(38)28(37)27(36)24(18-35)40-30/h7-8,12,15-16,19-25,27-30,35-38H,9-11,13-14,17-18H2,1-6H3/b8-7+/t20-,21+,22-,23+,24+,25+,27+,28-,29+,30+,31+,32+,33+,34+/m0/s1. The molecular weight excluding hydrogens is 536 g/mol. The van der Waals surface area contributed by atoms with Crippen LogP contribution in [0.2, 0.25) is 0 Å². The number of hydrogen-bond donors (Lipinski definition) is 4. The zero-order valence-electron chi connectivity index (χ0n) is 26.1. The number of hydrogen-bond acceptors (Lipinski definition) is 8. The van der Waals surface area contributed by atoms with E-state index in [2.05, 4.69) is 71.9 Å². The SMILES string of the molecule is CC(C)[C@@H](C)/C=C/[C@@H](C)[C@H]1CC[C@@H]2[C@]1(C)CC=C1[C@@]23C=C[C@]2(C[C@@H](O[C@@H]4O[C@H](CO)[C@@H](O)[C@H](O)[C@H]4O)CC[C@]12C)OO3. The molecule has 42 heavy (non-hydrogen) atoms. The second kappa shape index (κ2) is 10.8. The molecule has 7 rings (SSSR count). The third kappa shape index (κ3) is 4.38. The molecule has 0 unspecified atom stereocenters. The van der Waals surface area contributed by atoms with Crippen LogP contribution in [0.15, 0.2) is 36.0 Å². The van der Waals surface area contributed by atoms with Crippen molar-refractivity contribution in [1.82, 2.24) is 0 Å². The van der Waals surface area contributed by atoms with Gasteiger partial charge in [0.2, 0.25) is 0 Å². The van der Waals surface area contributed by atoms with Crippen molar-refractivity contribution in [1.29, 1.82) is 0 Å². The molecule has 4 N–H and O–H groups in total. The summed E-state index contributed by atoms with van der Waals surface area (Å²) in [6.07, 6.45) is 10.4. The van der Waals surface area contributed by atoms with E-state index in [4.69, 9.17) is 19.2 Å². The van der Waals surface area contributed by atoms with E-state index in [-0.39, 0.29) is 16.9 Å². The molecule has 3 aliphatic heterocycles. The van der Waals surface area contributed by atoms with E-state index in [1.165, 1.54) is 12.0 Å². The molecule has 8 heteroatoms. The summed E-state index contributed by atoms with van der Waals surface area (Å²) in [4.78, 5) is 13.0. The Labute approximate surface area is 250 Å². The normalized spacial score (nSPS) is 51.3. The fraction of sp³-hybridized carbons (Fsp3) is 0.824. The van der Waals surface area contributed by atoms with Gasteiger partial charge in [-0.1, -0.05) is 59.8 Å². The first kappa shape index (κ1) is 30.9. The Kier molecular flexibility index (Phi) is 7.92. The Balaban J connectivity index is 1.22. The van der Waals surface area contributed by atoms with Crippen molar-refractivity contribution in [2.24, 2.45) is 40.4 Å². The van der Waals surface area contributed by atoms with Crippen molar-refractivity contribution in [3.05, 3.63) is 36.0 Å². The van der Waals surface area contributed by atoms with E-state index in [1.54, 1.807) is 0 Å². The molecule has 0 aromatic heterocycles. The molecule has 0 amide bonds. The highest BCUT2D eigenvalue weighted by Gasteiger charge is 2.72. The number of allylic oxidation sites excluding steroid dienone is 3. The van der Waals surface area contributed by atoms with Crippen molar-refractivity contribution in [3.63, 3.8) is 0 Å². The Morgan fingerprint density at radius 3 is 2.40 bits per heavy atom. The van der Waals surface area contributed by atoms with Crippen LogP contribution in [0.5, 0.6) is 0 Å².